The highest BCUT2D eigenvalue weighted by atomic mass is 35.5. The van der Waals surface area contributed by atoms with Gasteiger partial charge in [0.25, 0.3) is 0 Å². The third-order valence-corrected chi connectivity index (χ3v) is 3.06. The van der Waals surface area contributed by atoms with Crippen molar-refractivity contribution in [1.82, 2.24) is 0 Å². The molecule has 0 bridgehead atoms. The lowest BCUT2D eigenvalue weighted by molar-refractivity contribution is 0.214. The highest BCUT2D eigenvalue weighted by Crippen LogP contribution is 2.28. The van der Waals surface area contributed by atoms with Crippen LogP contribution in [0.15, 0.2) is 59.8 Å². The Morgan fingerprint density at radius 3 is 2.48 bits per heavy atom. The zero-order valence-corrected chi connectivity index (χ0v) is 12.1. The van der Waals surface area contributed by atoms with Gasteiger partial charge in [0.05, 0.1) is 0 Å². The largest absolute Gasteiger partial charge is 0.470 e. The van der Waals surface area contributed by atoms with E-state index < -0.39 is 5.56 Å². The molecule has 1 unspecified atom stereocenters. The van der Waals surface area contributed by atoms with Crippen LogP contribution >= 0.6 is 11.6 Å². The summed E-state index contributed by atoms with van der Waals surface area (Å²) in [5.41, 5.74) is 0.646. The molecule has 0 saturated carbocycles. The Hall–Kier alpha value is -2.51. The van der Waals surface area contributed by atoms with Gasteiger partial charge in [0.15, 0.2) is 11.3 Å². The molecular formula is C16H13ClN2O2. The third kappa shape index (κ3) is 3.74. The summed E-state index contributed by atoms with van der Waals surface area (Å²) in [6.07, 6.45) is 0. The normalized spacial score (nSPS) is 12.3. The van der Waals surface area contributed by atoms with E-state index in [1.807, 2.05) is 42.5 Å². The highest BCUT2D eigenvalue weighted by Gasteiger charge is 2.17. The summed E-state index contributed by atoms with van der Waals surface area (Å²) in [5, 5.41) is 12.9. The van der Waals surface area contributed by atoms with Gasteiger partial charge in [0, 0.05) is 11.1 Å². The van der Waals surface area contributed by atoms with Crippen LogP contribution in [0.1, 0.15) is 16.7 Å². The molecule has 0 aromatic heterocycles. The minimum absolute atomic E-state index is 0.149. The molecule has 1 atom stereocenters. The Morgan fingerprint density at radius 2 is 1.81 bits per heavy atom. The number of benzene rings is 2. The van der Waals surface area contributed by atoms with Gasteiger partial charge in [-0.2, -0.15) is 5.26 Å². The molecule has 4 nitrogen and oxygen atoms in total. The highest BCUT2D eigenvalue weighted by molar-refractivity contribution is 6.21. The van der Waals surface area contributed by atoms with E-state index in [0.717, 1.165) is 0 Å². The maximum absolute atomic E-state index is 9.16. The second kappa shape index (κ2) is 7.32. The van der Waals surface area contributed by atoms with Gasteiger partial charge in [-0.3, -0.25) is 0 Å². The molecule has 0 aliphatic rings. The van der Waals surface area contributed by atoms with Crippen molar-refractivity contribution in [2.24, 2.45) is 5.16 Å². The number of hydrogen-bond acceptors (Lipinski definition) is 4. The van der Waals surface area contributed by atoms with Crippen molar-refractivity contribution in [3.63, 3.8) is 0 Å². The van der Waals surface area contributed by atoms with E-state index in [2.05, 4.69) is 9.99 Å². The monoisotopic (exact) mass is 300 g/mol. The predicted octanol–water partition coefficient (Wildman–Crippen LogP) is 3.88. The number of oxime groups is 1. The number of nitrogens with zero attached hydrogens (tertiary/aromatic N) is 2. The lowest BCUT2D eigenvalue weighted by atomic mass is 10.0. The molecule has 0 aliphatic heterocycles. The number of alkyl halides is 1. The maximum atomic E-state index is 9.16. The van der Waals surface area contributed by atoms with Gasteiger partial charge in [0.2, 0.25) is 0 Å². The van der Waals surface area contributed by atoms with Gasteiger partial charge in [-0.25, -0.2) is 0 Å². The number of hydrogen-bond donors (Lipinski definition) is 0. The molecule has 21 heavy (non-hydrogen) atoms. The van der Waals surface area contributed by atoms with E-state index in [1.165, 1.54) is 7.11 Å². The van der Waals surface area contributed by atoms with Crippen LogP contribution in [-0.2, 0) is 4.84 Å². The summed E-state index contributed by atoms with van der Waals surface area (Å²) in [4.78, 5) is 4.68. The summed E-state index contributed by atoms with van der Waals surface area (Å²) in [7, 11) is 1.39. The van der Waals surface area contributed by atoms with Crippen molar-refractivity contribution in [3.8, 4) is 11.8 Å². The van der Waals surface area contributed by atoms with E-state index in [0.29, 0.717) is 16.9 Å². The lowest BCUT2D eigenvalue weighted by Crippen LogP contribution is -2.08. The Balaban J connectivity index is 2.32. The first kappa shape index (κ1) is 14.9. The molecular weight excluding hydrogens is 288 g/mol. The molecule has 2 aromatic rings. The van der Waals surface area contributed by atoms with Gasteiger partial charge in [-0.15, -0.1) is 0 Å². The summed E-state index contributed by atoms with van der Waals surface area (Å²) in [5.74, 6) is 0.648. The molecule has 0 N–H and O–H groups in total. The number of ether oxygens (including phenoxy) is 1. The smallest absolute Gasteiger partial charge is 0.198 e. The van der Waals surface area contributed by atoms with Crippen molar-refractivity contribution in [2.75, 3.05) is 7.11 Å². The summed E-state index contributed by atoms with van der Waals surface area (Å²) >= 11 is 6.32. The van der Waals surface area contributed by atoms with Crippen LogP contribution in [0.2, 0.25) is 0 Å². The van der Waals surface area contributed by atoms with Crippen molar-refractivity contribution >= 4 is 17.3 Å². The maximum Gasteiger partial charge on any atom is 0.198 e. The molecule has 5 heteroatoms. The Kier molecular flexibility index (Phi) is 5.19. The minimum Gasteiger partial charge on any atom is -0.470 e. The van der Waals surface area contributed by atoms with Crippen molar-refractivity contribution in [2.45, 2.75) is 5.56 Å². The molecule has 2 aromatic carbocycles. The zero-order valence-electron chi connectivity index (χ0n) is 11.4. The molecule has 0 aliphatic carbocycles. The number of rotatable bonds is 5. The Labute approximate surface area is 128 Å². The molecule has 0 heterocycles. The summed E-state index contributed by atoms with van der Waals surface area (Å²) < 4.78 is 5.67. The quantitative estimate of drug-likeness (QED) is 0.478. The third-order valence-electron chi connectivity index (χ3n) is 2.73. The van der Waals surface area contributed by atoms with E-state index in [9.17, 15) is 0 Å². The van der Waals surface area contributed by atoms with Crippen LogP contribution < -0.4 is 4.74 Å². The first-order valence-corrected chi connectivity index (χ1v) is 6.66. The molecule has 2 rings (SSSR count). The second-order valence-corrected chi connectivity index (χ2v) is 4.46. The lowest BCUT2D eigenvalue weighted by Gasteiger charge is -2.15. The Bertz CT molecular complexity index is 665. The summed E-state index contributed by atoms with van der Waals surface area (Å²) in [6.45, 7) is 0. The zero-order chi connectivity index (χ0) is 15.1. The van der Waals surface area contributed by atoms with E-state index in [1.54, 1.807) is 18.2 Å². The van der Waals surface area contributed by atoms with Crippen LogP contribution in [0.3, 0.4) is 0 Å². The van der Waals surface area contributed by atoms with Crippen LogP contribution in [0.4, 0.5) is 0 Å². The van der Waals surface area contributed by atoms with Crippen LogP contribution in [0, 0.1) is 11.3 Å². The average molecular weight is 301 g/mol. The second-order valence-electron chi connectivity index (χ2n) is 4.07. The Morgan fingerprint density at radius 1 is 1.14 bits per heavy atom. The fourth-order valence-electron chi connectivity index (χ4n) is 1.81. The fraction of sp³-hybridized carbons (Fsp3) is 0.125. The van der Waals surface area contributed by atoms with Crippen molar-refractivity contribution < 1.29 is 9.57 Å². The van der Waals surface area contributed by atoms with Gasteiger partial charge >= 0.3 is 0 Å². The first-order chi connectivity index (χ1) is 10.3. The average Bonchev–Trinajstić information content (AvgIpc) is 2.53. The predicted molar refractivity (Wildman–Crippen MR) is 81.3 cm³/mol. The van der Waals surface area contributed by atoms with E-state index >= 15 is 0 Å². The standard InChI is InChI=1S/C16H13ClN2O2/c1-20-19-15(11-18)13-9-5-6-10-14(13)16(17)21-12-7-3-2-4-8-12/h2-10,16H,1H3. The van der Waals surface area contributed by atoms with E-state index in [4.69, 9.17) is 21.6 Å². The molecule has 0 fully saturated rings. The SMILES string of the molecule is CON=C(C#N)c1ccccc1C(Cl)Oc1ccccc1. The van der Waals surface area contributed by atoms with E-state index in [-0.39, 0.29) is 5.71 Å². The number of nitriles is 1. The number of halogens is 1. The van der Waals surface area contributed by atoms with Gasteiger partial charge < -0.3 is 9.57 Å². The molecule has 106 valence electrons. The van der Waals surface area contributed by atoms with Crippen LogP contribution in [0.5, 0.6) is 5.75 Å². The fourth-order valence-corrected chi connectivity index (χ4v) is 2.11. The molecule has 0 amide bonds. The molecule has 0 saturated heterocycles. The first-order valence-electron chi connectivity index (χ1n) is 6.22. The van der Waals surface area contributed by atoms with Gasteiger partial charge in [0.1, 0.15) is 18.9 Å². The van der Waals surface area contributed by atoms with Gasteiger partial charge in [-0.1, -0.05) is 59.2 Å². The van der Waals surface area contributed by atoms with Crippen LogP contribution in [-0.4, -0.2) is 12.8 Å². The molecule has 0 spiro atoms. The van der Waals surface area contributed by atoms with Crippen molar-refractivity contribution in [1.29, 1.82) is 5.26 Å². The van der Waals surface area contributed by atoms with Crippen molar-refractivity contribution in [3.05, 3.63) is 65.7 Å². The topological polar surface area (TPSA) is 54.6 Å². The van der Waals surface area contributed by atoms with Crippen LogP contribution in [0.25, 0.3) is 0 Å². The minimum atomic E-state index is -0.737. The number of para-hydroxylation sites is 1. The van der Waals surface area contributed by atoms with Gasteiger partial charge in [-0.05, 0) is 12.1 Å². The summed E-state index contributed by atoms with van der Waals surface area (Å²) in [6, 6.07) is 18.4. The molecule has 0 radical (unpaired) electrons.